The molecule has 0 spiro atoms. The molecule has 5 heteroatoms. The molecule has 23 heavy (non-hydrogen) atoms. The predicted octanol–water partition coefficient (Wildman–Crippen LogP) is 2.87. The van der Waals surface area contributed by atoms with E-state index in [0.29, 0.717) is 38.0 Å². The summed E-state index contributed by atoms with van der Waals surface area (Å²) in [6.45, 7) is 9.08. The molecule has 1 N–H and O–H groups in total. The van der Waals surface area contributed by atoms with Gasteiger partial charge in [0.05, 0.1) is 5.41 Å². The Morgan fingerprint density at radius 3 is 2.35 bits per heavy atom. The first-order chi connectivity index (χ1) is 10.8. The highest BCUT2D eigenvalue weighted by atomic mass is 19.1. The van der Waals surface area contributed by atoms with E-state index >= 15 is 0 Å². The number of nitrogens with zero attached hydrogens (tertiary/aromatic N) is 1. The van der Waals surface area contributed by atoms with Crippen molar-refractivity contribution in [2.45, 2.75) is 46.0 Å². The summed E-state index contributed by atoms with van der Waals surface area (Å²) in [6.07, 6.45) is 0.983. The molecule has 1 aromatic rings. The van der Waals surface area contributed by atoms with Gasteiger partial charge in [0, 0.05) is 31.6 Å². The van der Waals surface area contributed by atoms with E-state index in [0.717, 1.165) is 0 Å². The van der Waals surface area contributed by atoms with Crippen molar-refractivity contribution in [3.8, 4) is 0 Å². The molecular formula is C18H27FN2O2. The highest BCUT2D eigenvalue weighted by Gasteiger charge is 2.31. The molecule has 1 rings (SSSR count). The van der Waals surface area contributed by atoms with Crippen LogP contribution in [0.5, 0.6) is 0 Å². The van der Waals surface area contributed by atoms with Gasteiger partial charge in [-0.05, 0) is 40.2 Å². The number of benzene rings is 1. The molecule has 128 valence electrons. The van der Waals surface area contributed by atoms with Crippen LogP contribution in [0.2, 0.25) is 0 Å². The maximum Gasteiger partial charge on any atom is 0.230 e. The van der Waals surface area contributed by atoms with Crippen molar-refractivity contribution < 1.29 is 14.0 Å². The molecule has 0 saturated heterocycles. The van der Waals surface area contributed by atoms with Gasteiger partial charge in [-0.25, -0.2) is 4.39 Å². The van der Waals surface area contributed by atoms with Crippen LogP contribution in [-0.4, -0.2) is 36.3 Å². The summed E-state index contributed by atoms with van der Waals surface area (Å²) in [4.78, 5) is 26.0. The lowest BCUT2D eigenvalue weighted by Gasteiger charge is -2.24. The van der Waals surface area contributed by atoms with Crippen LogP contribution in [0.1, 0.15) is 46.1 Å². The van der Waals surface area contributed by atoms with Crippen LogP contribution in [0.3, 0.4) is 0 Å². The third kappa shape index (κ3) is 5.05. The first-order valence-corrected chi connectivity index (χ1v) is 8.15. The average molecular weight is 322 g/mol. The van der Waals surface area contributed by atoms with Gasteiger partial charge in [-0.3, -0.25) is 9.59 Å². The van der Waals surface area contributed by atoms with Gasteiger partial charge < -0.3 is 10.2 Å². The first kappa shape index (κ1) is 19.1. The molecule has 0 heterocycles. The Hall–Kier alpha value is -1.91. The van der Waals surface area contributed by atoms with Crippen molar-refractivity contribution in [1.29, 1.82) is 0 Å². The van der Waals surface area contributed by atoms with Crippen LogP contribution in [-0.2, 0) is 15.0 Å². The Labute approximate surface area is 138 Å². The van der Waals surface area contributed by atoms with E-state index in [1.807, 2.05) is 13.8 Å². The number of nitrogens with one attached hydrogen (secondary N) is 1. The molecule has 0 aliphatic carbocycles. The molecular weight excluding hydrogens is 295 g/mol. The smallest absolute Gasteiger partial charge is 0.230 e. The van der Waals surface area contributed by atoms with Crippen molar-refractivity contribution in [3.05, 3.63) is 35.6 Å². The van der Waals surface area contributed by atoms with E-state index in [9.17, 15) is 14.0 Å². The van der Waals surface area contributed by atoms with E-state index in [1.165, 1.54) is 6.07 Å². The molecule has 0 atom stereocenters. The molecule has 1 aromatic carbocycles. The van der Waals surface area contributed by atoms with Gasteiger partial charge in [-0.2, -0.15) is 0 Å². The highest BCUT2D eigenvalue weighted by Crippen LogP contribution is 2.25. The number of rotatable bonds is 8. The summed E-state index contributed by atoms with van der Waals surface area (Å²) in [6, 6.07) is 6.30. The summed E-state index contributed by atoms with van der Waals surface area (Å²) >= 11 is 0. The van der Waals surface area contributed by atoms with Crippen LogP contribution >= 0.6 is 0 Å². The molecule has 0 radical (unpaired) electrons. The Balaban J connectivity index is 2.51. The zero-order valence-electron chi connectivity index (χ0n) is 14.5. The number of halogens is 1. The van der Waals surface area contributed by atoms with Crippen LogP contribution in [0.4, 0.5) is 4.39 Å². The Kier molecular flexibility index (Phi) is 7.20. The minimum absolute atomic E-state index is 0.0950. The van der Waals surface area contributed by atoms with Crippen LogP contribution < -0.4 is 5.32 Å². The SMILES string of the molecule is CCN(CC)C(=O)CCCNC(=O)C(C)(C)c1ccccc1F. The molecule has 0 fully saturated rings. The van der Waals surface area contributed by atoms with Gasteiger partial charge in [-0.15, -0.1) is 0 Å². The summed E-state index contributed by atoms with van der Waals surface area (Å²) in [5.74, 6) is -0.528. The van der Waals surface area contributed by atoms with Crippen molar-refractivity contribution >= 4 is 11.8 Å². The number of hydrogen-bond acceptors (Lipinski definition) is 2. The Morgan fingerprint density at radius 1 is 1.17 bits per heavy atom. The van der Waals surface area contributed by atoms with Gasteiger partial charge in [0.15, 0.2) is 0 Å². The molecule has 0 saturated carbocycles. The molecule has 4 nitrogen and oxygen atoms in total. The minimum atomic E-state index is -0.950. The lowest BCUT2D eigenvalue weighted by atomic mass is 9.83. The van der Waals surface area contributed by atoms with E-state index in [2.05, 4.69) is 5.32 Å². The molecule has 0 aliphatic rings. The van der Waals surface area contributed by atoms with Crippen molar-refractivity contribution in [3.63, 3.8) is 0 Å². The molecule has 0 bridgehead atoms. The number of amides is 2. The van der Waals surface area contributed by atoms with Crippen LogP contribution in [0.15, 0.2) is 24.3 Å². The second kappa shape index (κ2) is 8.65. The van der Waals surface area contributed by atoms with Gasteiger partial charge in [0.25, 0.3) is 0 Å². The van der Waals surface area contributed by atoms with Gasteiger partial charge in [-0.1, -0.05) is 18.2 Å². The summed E-state index contributed by atoms with van der Waals surface area (Å²) in [5.41, 5.74) is -0.578. The van der Waals surface area contributed by atoms with E-state index in [-0.39, 0.29) is 17.6 Å². The van der Waals surface area contributed by atoms with Crippen molar-refractivity contribution in [1.82, 2.24) is 10.2 Å². The van der Waals surface area contributed by atoms with Gasteiger partial charge in [0.2, 0.25) is 11.8 Å². The van der Waals surface area contributed by atoms with Gasteiger partial charge in [0.1, 0.15) is 5.82 Å². The topological polar surface area (TPSA) is 49.4 Å². The summed E-state index contributed by atoms with van der Waals surface area (Å²) in [7, 11) is 0. The second-order valence-electron chi connectivity index (χ2n) is 6.03. The monoisotopic (exact) mass is 322 g/mol. The molecule has 2 amide bonds. The van der Waals surface area contributed by atoms with Crippen molar-refractivity contribution in [2.75, 3.05) is 19.6 Å². The third-order valence-corrected chi connectivity index (χ3v) is 4.08. The molecule has 0 unspecified atom stereocenters. The minimum Gasteiger partial charge on any atom is -0.355 e. The predicted molar refractivity (Wildman–Crippen MR) is 89.6 cm³/mol. The fourth-order valence-electron chi connectivity index (χ4n) is 2.49. The fraction of sp³-hybridized carbons (Fsp3) is 0.556. The van der Waals surface area contributed by atoms with E-state index < -0.39 is 5.41 Å². The summed E-state index contributed by atoms with van der Waals surface area (Å²) < 4.78 is 13.9. The Bertz CT molecular complexity index is 540. The largest absolute Gasteiger partial charge is 0.355 e. The van der Waals surface area contributed by atoms with E-state index in [1.54, 1.807) is 36.9 Å². The van der Waals surface area contributed by atoms with Gasteiger partial charge >= 0.3 is 0 Å². The summed E-state index contributed by atoms with van der Waals surface area (Å²) in [5, 5.41) is 2.80. The average Bonchev–Trinajstić information content (AvgIpc) is 2.52. The number of carbonyl (C=O) groups excluding carboxylic acids is 2. The van der Waals surface area contributed by atoms with Crippen molar-refractivity contribution in [2.24, 2.45) is 0 Å². The van der Waals surface area contributed by atoms with E-state index in [4.69, 9.17) is 0 Å². The Morgan fingerprint density at radius 2 is 1.78 bits per heavy atom. The first-order valence-electron chi connectivity index (χ1n) is 8.15. The van der Waals surface area contributed by atoms with Crippen LogP contribution in [0.25, 0.3) is 0 Å². The normalized spacial score (nSPS) is 11.2. The second-order valence-corrected chi connectivity index (χ2v) is 6.03. The third-order valence-electron chi connectivity index (χ3n) is 4.08. The maximum absolute atomic E-state index is 13.9. The lowest BCUT2D eigenvalue weighted by Crippen LogP contribution is -2.41. The standard InChI is InChI=1S/C18H27FN2O2/c1-5-21(6-2)16(22)12-9-13-20-17(23)18(3,4)14-10-7-8-11-15(14)19/h7-8,10-11H,5-6,9,12-13H2,1-4H3,(H,20,23). The fourth-order valence-corrected chi connectivity index (χ4v) is 2.49. The molecule has 0 aliphatic heterocycles. The molecule has 0 aromatic heterocycles. The number of hydrogen-bond donors (Lipinski definition) is 1. The maximum atomic E-state index is 13.9. The lowest BCUT2D eigenvalue weighted by molar-refractivity contribution is -0.131. The quantitative estimate of drug-likeness (QED) is 0.748. The zero-order valence-corrected chi connectivity index (χ0v) is 14.5. The highest BCUT2D eigenvalue weighted by molar-refractivity contribution is 5.87. The van der Waals surface area contributed by atoms with Crippen LogP contribution in [0, 0.1) is 5.82 Å². The number of carbonyl (C=O) groups is 2. The zero-order chi connectivity index (χ0) is 17.5.